The normalized spacial score (nSPS) is 14.5. The molecule has 0 bridgehead atoms. The average Bonchev–Trinajstić information content (AvgIpc) is 3.14. The maximum Gasteiger partial charge on any atom is 0.258 e. The van der Waals surface area contributed by atoms with Gasteiger partial charge in [0.1, 0.15) is 18.6 Å². The van der Waals surface area contributed by atoms with Gasteiger partial charge >= 0.3 is 0 Å². The lowest BCUT2D eigenvalue weighted by Crippen LogP contribution is -2.52. The van der Waals surface area contributed by atoms with Gasteiger partial charge in [-0.25, -0.2) is 9.97 Å². The van der Waals surface area contributed by atoms with Crippen molar-refractivity contribution in [3.8, 4) is 11.3 Å². The molecule has 7 nitrogen and oxygen atoms in total. The summed E-state index contributed by atoms with van der Waals surface area (Å²) in [4.78, 5) is 37.0. The monoisotopic (exact) mass is 362 g/mol. The Morgan fingerprint density at radius 2 is 1.93 bits per heavy atom. The number of benzene rings is 1. The molecule has 136 valence electrons. The number of furan rings is 1. The average molecular weight is 362 g/mol. The number of anilines is 1. The van der Waals surface area contributed by atoms with Crippen LogP contribution in [-0.4, -0.2) is 46.3 Å². The van der Waals surface area contributed by atoms with Gasteiger partial charge in [-0.1, -0.05) is 30.3 Å². The van der Waals surface area contributed by atoms with E-state index < -0.39 is 0 Å². The predicted molar refractivity (Wildman–Crippen MR) is 99.2 cm³/mol. The molecular weight excluding hydrogens is 344 g/mol. The zero-order valence-electron chi connectivity index (χ0n) is 14.8. The van der Waals surface area contributed by atoms with Crippen LogP contribution < -0.4 is 4.90 Å². The molecule has 0 aliphatic carbocycles. The van der Waals surface area contributed by atoms with Crippen molar-refractivity contribution in [2.24, 2.45) is 0 Å². The van der Waals surface area contributed by atoms with E-state index in [-0.39, 0.29) is 18.4 Å². The standard InChI is InChI=1S/C20H18N4O3/c1-14-7-8-18(27-14)24-10-9-23(12-17(24)25)20(26)16-11-21-13-22-19(16)15-5-3-2-4-6-15/h2-8,11,13H,9-10,12H2,1H3. The largest absolute Gasteiger partial charge is 0.445 e. The van der Waals surface area contributed by atoms with Crippen LogP contribution >= 0.6 is 0 Å². The molecule has 0 radical (unpaired) electrons. The summed E-state index contributed by atoms with van der Waals surface area (Å²) in [5, 5.41) is 0. The van der Waals surface area contributed by atoms with Crippen molar-refractivity contribution < 1.29 is 14.0 Å². The molecule has 7 heteroatoms. The Morgan fingerprint density at radius 3 is 2.63 bits per heavy atom. The van der Waals surface area contributed by atoms with Crippen LogP contribution in [0.1, 0.15) is 16.1 Å². The van der Waals surface area contributed by atoms with E-state index in [1.54, 1.807) is 11.0 Å². The van der Waals surface area contributed by atoms with Gasteiger partial charge in [0.15, 0.2) is 0 Å². The van der Waals surface area contributed by atoms with Crippen LogP contribution in [0.2, 0.25) is 0 Å². The number of amides is 2. The third-order valence-corrected chi connectivity index (χ3v) is 4.49. The Hall–Kier alpha value is -3.48. The van der Waals surface area contributed by atoms with Crippen molar-refractivity contribution in [2.45, 2.75) is 6.92 Å². The molecule has 2 amide bonds. The first-order chi connectivity index (χ1) is 13.1. The highest BCUT2D eigenvalue weighted by molar-refractivity contribution is 6.03. The number of carbonyl (C=O) groups is 2. The molecular formula is C20H18N4O3. The molecule has 0 saturated carbocycles. The van der Waals surface area contributed by atoms with E-state index in [1.165, 1.54) is 17.4 Å². The molecule has 3 heterocycles. The quantitative estimate of drug-likeness (QED) is 0.715. The molecule has 0 spiro atoms. The summed E-state index contributed by atoms with van der Waals surface area (Å²) in [6.07, 6.45) is 2.92. The number of nitrogens with zero attached hydrogens (tertiary/aromatic N) is 4. The Kier molecular flexibility index (Phi) is 4.42. The van der Waals surface area contributed by atoms with Gasteiger partial charge in [-0.15, -0.1) is 0 Å². The molecule has 1 aliphatic rings. The molecule has 3 aromatic rings. The Labute approximate surface area is 156 Å². The minimum atomic E-state index is -0.252. The van der Waals surface area contributed by atoms with Crippen molar-refractivity contribution in [1.82, 2.24) is 14.9 Å². The molecule has 1 aromatic carbocycles. The van der Waals surface area contributed by atoms with Gasteiger partial charge in [-0.2, -0.15) is 0 Å². The predicted octanol–water partition coefficient (Wildman–Crippen LogP) is 2.53. The first-order valence-electron chi connectivity index (χ1n) is 8.65. The minimum absolute atomic E-state index is 0.0122. The first kappa shape index (κ1) is 17.0. The lowest BCUT2D eigenvalue weighted by molar-refractivity contribution is -0.120. The number of aryl methyl sites for hydroxylation is 1. The minimum Gasteiger partial charge on any atom is -0.445 e. The molecule has 2 aromatic heterocycles. The SMILES string of the molecule is Cc1ccc(N2CCN(C(=O)c3cncnc3-c3ccccc3)CC2=O)o1. The molecule has 1 fully saturated rings. The summed E-state index contributed by atoms with van der Waals surface area (Å²) >= 11 is 0. The van der Waals surface area contributed by atoms with Crippen molar-refractivity contribution >= 4 is 17.7 Å². The van der Waals surface area contributed by atoms with Gasteiger partial charge in [-0.05, 0) is 13.0 Å². The molecule has 1 saturated heterocycles. The molecule has 0 atom stereocenters. The fraction of sp³-hybridized carbons (Fsp3) is 0.200. The maximum absolute atomic E-state index is 13.0. The second kappa shape index (κ2) is 7.03. The summed E-state index contributed by atoms with van der Waals surface area (Å²) in [5.74, 6) is 0.822. The zero-order chi connectivity index (χ0) is 18.8. The smallest absolute Gasteiger partial charge is 0.258 e. The number of carbonyl (C=O) groups excluding carboxylic acids is 2. The number of hydrogen-bond acceptors (Lipinski definition) is 5. The summed E-state index contributed by atoms with van der Waals surface area (Å²) in [7, 11) is 0. The summed E-state index contributed by atoms with van der Waals surface area (Å²) < 4.78 is 5.53. The Balaban J connectivity index is 1.56. The summed E-state index contributed by atoms with van der Waals surface area (Å²) in [6, 6.07) is 13.0. The lowest BCUT2D eigenvalue weighted by atomic mass is 10.1. The van der Waals surface area contributed by atoms with E-state index in [2.05, 4.69) is 9.97 Å². The van der Waals surface area contributed by atoms with Gasteiger partial charge in [-0.3, -0.25) is 14.5 Å². The highest BCUT2D eigenvalue weighted by Crippen LogP contribution is 2.24. The first-order valence-corrected chi connectivity index (χ1v) is 8.65. The van der Waals surface area contributed by atoms with E-state index >= 15 is 0 Å². The van der Waals surface area contributed by atoms with E-state index in [1.807, 2.05) is 43.3 Å². The van der Waals surface area contributed by atoms with Crippen LogP contribution in [0.4, 0.5) is 5.88 Å². The van der Waals surface area contributed by atoms with E-state index in [0.717, 1.165) is 11.3 Å². The fourth-order valence-corrected chi connectivity index (χ4v) is 3.13. The van der Waals surface area contributed by atoms with E-state index in [9.17, 15) is 9.59 Å². The van der Waals surface area contributed by atoms with Crippen LogP contribution in [0.15, 0.2) is 59.4 Å². The third kappa shape index (κ3) is 3.31. The molecule has 27 heavy (non-hydrogen) atoms. The second-order valence-electron chi connectivity index (χ2n) is 6.31. The third-order valence-electron chi connectivity index (χ3n) is 4.49. The highest BCUT2D eigenvalue weighted by Gasteiger charge is 2.31. The van der Waals surface area contributed by atoms with Crippen molar-refractivity contribution in [1.29, 1.82) is 0 Å². The lowest BCUT2D eigenvalue weighted by Gasteiger charge is -2.33. The summed E-state index contributed by atoms with van der Waals surface area (Å²) in [5.41, 5.74) is 1.78. The van der Waals surface area contributed by atoms with E-state index in [0.29, 0.717) is 30.2 Å². The number of aromatic nitrogens is 2. The van der Waals surface area contributed by atoms with Crippen LogP contribution in [-0.2, 0) is 4.79 Å². The number of rotatable bonds is 3. The maximum atomic E-state index is 13.0. The van der Waals surface area contributed by atoms with Gasteiger partial charge in [0.2, 0.25) is 11.8 Å². The van der Waals surface area contributed by atoms with Crippen LogP contribution in [0.25, 0.3) is 11.3 Å². The molecule has 4 rings (SSSR count). The van der Waals surface area contributed by atoms with Gasteiger partial charge in [0.25, 0.3) is 5.91 Å². The second-order valence-corrected chi connectivity index (χ2v) is 6.31. The molecule has 0 N–H and O–H groups in total. The molecule has 1 aliphatic heterocycles. The number of piperazine rings is 1. The zero-order valence-corrected chi connectivity index (χ0v) is 14.8. The fourth-order valence-electron chi connectivity index (χ4n) is 3.13. The van der Waals surface area contributed by atoms with Crippen molar-refractivity contribution in [3.05, 3.63) is 66.3 Å². The number of hydrogen-bond donors (Lipinski definition) is 0. The van der Waals surface area contributed by atoms with Crippen LogP contribution in [0.5, 0.6) is 0 Å². The summed E-state index contributed by atoms with van der Waals surface area (Å²) in [6.45, 7) is 2.61. The highest BCUT2D eigenvalue weighted by atomic mass is 16.4. The van der Waals surface area contributed by atoms with Crippen LogP contribution in [0, 0.1) is 6.92 Å². The van der Waals surface area contributed by atoms with E-state index in [4.69, 9.17) is 4.42 Å². The van der Waals surface area contributed by atoms with Crippen molar-refractivity contribution in [2.75, 3.05) is 24.5 Å². The Bertz CT molecular complexity index is 984. The van der Waals surface area contributed by atoms with Gasteiger partial charge < -0.3 is 9.32 Å². The van der Waals surface area contributed by atoms with Crippen molar-refractivity contribution in [3.63, 3.8) is 0 Å². The molecule has 0 unspecified atom stereocenters. The van der Waals surface area contributed by atoms with Gasteiger partial charge in [0.05, 0.1) is 11.3 Å². The van der Waals surface area contributed by atoms with Crippen LogP contribution in [0.3, 0.4) is 0 Å². The topological polar surface area (TPSA) is 79.5 Å². The Morgan fingerprint density at radius 1 is 1.11 bits per heavy atom. The van der Waals surface area contributed by atoms with Gasteiger partial charge in [0, 0.05) is 30.9 Å².